The molecule has 0 fully saturated rings. The van der Waals surface area contributed by atoms with Gasteiger partial charge in [-0.3, -0.25) is 0 Å². The van der Waals surface area contributed by atoms with Crippen molar-refractivity contribution in [3.05, 3.63) is 34.5 Å². The number of carboxylic acids is 1. The lowest BCUT2D eigenvalue weighted by Crippen LogP contribution is -2.21. The van der Waals surface area contributed by atoms with Crippen LogP contribution >= 0.6 is 11.3 Å². The van der Waals surface area contributed by atoms with Crippen LogP contribution in [0.15, 0.2) is 18.2 Å². The van der Waals surface area contributed by atoms with E-state index in [-0.39, 0.29) is 16.8 Å². The van der Waals surface area contributed by atoms with E-state index in [4.69, 9.17) is 4.74 Å². The summed E-state index contributed by atoms with van der Waals surface area (Å²) in [5.74, 6) is -1.41. The standard InChI is InChI=1S/C15H18FNO3S/c1-9(2)20-7-6-17-8-10-13-11(16)4-3-5-12(13)21-14(10)15(18)19/h3-5,9,17H,6-8H2,1-2H3,(H,18,19). The van der Waals surface area contributed by atoms with Crippen molar-refractivity contribution >= 4 is 27.4 Å². The first-order valence-electron chi connectivity index (χ1n) is 6.76. The molecule has 0 bridgehead atoms. The zero-order valence-corrected chi connectivity index (χ0v) is 12.8. The Kier molecular flexibility index (Phi) is 5.27. The van der Waals surface area contributed by atoms with E-state index in [1.807, 2.05) is 13.8 Å². The van der Waals surface area contributed by atoms with E-state index in [0.29, 0.717) is 35.3 Å². The van der Waals surface area contributed by atoms with E-state index in [1.54, 1.807) is 12.1 Å². The predicted molar refractivity (Wildman–Crippen MR) is 81.5 cm³/mol. The number of carbonyl (C=O) groups is 1. The molecule has 0 spiro atoms. The highest BCUT2D eigenvalue weighted by molar-refractivity contribution is 7.21. The van der Waals surface area contributed by atoms with Crippen molar-refractivity contribution in [2.45, 2.75) is 26.5 Å². The molecular weight excluding hydrogens is 293 g/mol. The van der Waals surface area contributed by atoms with Gasteiger partial charge in [-0.1, -0.05) is 6.07 Å². The molecule has 0 saturated heterocycles. The SMILES string of the molecule is CC(C)OCCNCc1c(C(=O)O)sc2cccc(F)c12. The molecule has 0 aliphatic carbocycles. The number of hydrogen-bond donors (Lipinski definition) is 2. The summed E-state index contributed by atoms with van der Waals surface area (Å²) in [7, 11) is 0. The minimum Gasteiger partial charge on any atom is -0.477 e. The summed E-state index contributed by atoms with van der Waals surface area (Å²) in [5.41, 5.74) is 0.505. The Morgan fingerprint density at radius 3 is 2.90 bits per heavy atom. The first-order valence-corrected chi connectivity index (χ1v) is 7.58. The molecule has 21 heavy (non-hydrogen) atoms. The number of carboxylic acid groups (broad SMARTS) is 1. The average Bonchev–Trinajstić information content (AvgIpc) is 2.78. The molecule has 2 N–H and O–H groups in total. The molecule has 0 amide bonds. The van der Waals surface area contributed by atoms with E-state index in [2.05, 4.69) is 5.32 Å². The predicted octanol–water partition coefficient (Wildman–Crippen LogP) is 3.25. The van der Waals surface area contributed by atoms with E-state index in [0.717, 1.165) is 11.3 Å². The zero-order chi connectivity index (χ0) is 15.4. The summed E-state index contributed by atoms with van der Waals surface area (Å²) in [6.07, 6.45) is 0.154. The van der Waals surface area contributed by atoms with Gasteiger partial charge in [0.05, 0.1) is 12.7 Å². The third kappa shape index (κ3) is 3.78. The van der Waals surface area contributed by atoms with Crippen molar-refractivity contribution in [3.8, 4) is 0 Å². The highest BCUT2D eigenvalue weighted by Crippen LogP contribution is 2.33. The van der Waals surface area contributed by atoms with E-state index in [9.17, 15) is 14.3 Å². The normalized spacial score (nSPS) is 11.4. The Morgan fingerprint density at radius 1 is 1.48 bits per heavy atom. The lowest BCUT2D eigenvalue weighted by atomic mass is 10.1. The Bertz CT molecular complexity index is 639. The second kappa shape index (κ2) is 6.98. The summed E-state index contributed by atoms with van der Waals surface area (Å²) in [5, 5.41) is 12.8. The van der Waals surface area contributed by atoms with Crippen molar-refractivity contribution in [3.63, 3.8) is 0 Å². The summed E-state index contributed by atoms with van der Waals surface area (Å²) < 4.78 is 20.0. The van der Waals surface area contributed by atoms with Crippen molar-refractivity contribution in [1.82, 2.24) is 5.32 Å². The van der Waals surface area contributed by atoms with E-state index in [1.165, 1.54) is 6.07 Å². The third-order valence-corrected chi connectivity index (χ3v) is 4.17. The minimum atomic E-state index is -1.02. The zero-order valence-electron chi connectivity index (χ0n) is 12.0. The quantitative estimate of drug-likeness (QED) is 0.771. The maximum atomic E-state index is 14.0. The number of halogens is 1. The molecule has 6 heteroatoms. The Morgan fingerprint density at radius 2 is 2.24 bits per heavy atom. The topological polar surface area (TPSA) is 58.6 Å². The van der Waals surface area contributed by atoms with Crippen LogP contribution in [0.1, 0.15) is 29.1 Å². The molecule has 114 valence electrons. The fraction of sp³-hybridized carbons (Fsp3) is 0.400. The Hall–Kier alpha value is -1.50. The number of nitrogens with one attached hydrogen (secondary N) is 1. The first-order chi connectivity index (χ1) is 10.0. The van der Waals surface area contributed by atoms with Crippen LogP contribution < -0.4 is 5.32 Å². The summed E-state index contributed by atoms with van der Waals surface area (Å²) in [4.78, 5) is 11.5. The molecule has 0 atom stereocenters. The number of ether oxygens (including phenoxy) is 1. The molecule has 1 aromatic heterocycles. The van der Waals surface area contributed by atoms with Gasteiger partial charge < -0.3 is 15.2 Å². The molecule has 1 aromatic carbocycles. The highest BCUT2D eigenvalue weighted by atomic mass is 32.1. The van der Waals surface area contributed by atoms with Gasteiger partial charge in [0.1, 0.15) is 10.7 Å². The van der Waals surface area contributed by atoms with Crippen LogP contribution in [0.25, 0.3) is 10.1 Å². The van der Waals surface area contributed by atoms with Gasteiger partial charge in [0.25, 0.3) is 0 Å². The van der Waals surface area contributed by atoms with Crippen LogP contribution in [0.5, 0.6) is 0 Å². The van der Waals surface area contributed by atoms with Gasteiger partial charge in [-0.15, -0.1) is 11.3 Å². The lowest BCUT2D eigenvalue weighted by molar-refractivity contribution is 0.0701. The fourth-order valence-electron chi connectivity index (χ4n) is 2.09. The van der Waals surface area contributed by atoms with Gasteiger partial charge in [0.2, 0.25) is 0 Å². The summed E-state index contributed by atoms with van der Waals surface area (Å²) >= 11 is 1.10. The van der Waals surface area contributed by atoms with E-state index < -0.39 is 5.97 Å². The number of rotatable bonds is 7. The molecule has 0 radical (unpaired) electrons. The molecule has 0 aliphatic rings. The third-order valence-electron chi connectivity index (χ3n) is 2.99. The van der Waals surface area contributed by atoms with Gasteiger partial charge in [-0.05, 0) is 26.0 Å². The van der Waals surface area contributed by atoms with Gasteiger partial charge >= 0.3 is 5.97 Å². The smallest absolute Gasteiger partial charge is 0.346 e. The number of aromatic carboxylic acids is 1. The number of benzene rings is 1. The average molecular weight is 311 g/mol. The number of fused-ring (bicyclic) bond motifs is 1. The minimum absolute atomic E-state index is 0.154. The molecule has 0 aliphatic heterocycles. The summed E-state index contributed by atoms with van der Waals surface area (Å²) in [6.45, 7) is 5.33. The molecule has 0 saturated carbocycles. The van der Waals surface area contributed by atoms with Crippen LogP contribution in [0.4, 0.5) is 4.39 Å². The fourth-order valence-corrected chi connectivity index (χ4v) is 3.16. The van der Waals surface area contributed by atoms with Crippen molar-refractivity contribution in [1.29, 1.82) is 0 Å². The molecule has 4 nitrogen and oxygen atoms in total. The van der Waals surface area contributed by atoms with Crippen molar-refractivity contribution in [2.24, 2.45) is 0 Å². The van der Waals surface area contributed by atoms with Gasteiger partial charge in [-0.2, -0.15) is 0 Å². The van der Waals surface area contributed by atoms with Crippen LogP contribution in [0.3, 0.4) is 0 Å². The molecule has 2 rings (SSSR count). The largest absolute Gasteiger partial charge is 0.477 e. The number of thiophene rings is 1. The van der Waals surface area contributed by atoms with Crippen LogP contribution in [0, 0.1) is 5.82 Å². The summed E-state index contributed by atoms with van der Waals surface area (Å²) in [6, 6.07) is 4.68. The van der Waals surface area contributed by atoms with E-state index >= 15 is 0 Å². The van der Waals surface area contributed by atoms with Crippen LogP contribution in [0.2, 0.25) is 0 Å². The molecule has 2 aromatic rings. The second-order valence-corrected chi connectivity index (χ2v) is 5.98. The van der Waals surface area contributed by atoms with Crippen LogP contribution in [-0.2, 0) is 11.3 Å². The van der Waals surface area contributed by atoms with Crippen molar-refractivity contribution in [2.75, 3.05) is 13.2 Å². The van der Waals surface area contributed by atoms with Gasteiger partial charge in [-0.25, -0.2) is 9.18 Å². The number of hydrogen-bond acceptors (Lipinski definition) is 4. The molecular formula is C15H18FNO3S. The first kappa shape index (κ1) is 15.9. The Labute approximate surface area is 126 Å². The maximum absolute atomic E-state index is 14.0. The van der Waals surface area contributed by atoms with Crippen molar-refractivity contribution < 1.29 is 19.0 Å². The second-order valence-electron chi connectivity index (χ2n) is 4.92. The Balaban J connectivity index is 2.17. The van der Waals surface area contributed by atoms with Crippen LogP contribution in [-0.4, -0.2) is 30.3 Å². The lowest BCUT2D eigenvalue weighted by Gasteiger charge is -2.09. The molecule has 1 heterocycles. The molecule has 0 unspecified atom stereocenters. The monoisotopic (exact) mass is 311 g/mol. The van der Waals surface area contributed by atoms with Gasteiger partial charge in [0, 0.05) is 28.7 Å². The van der Waals surface area contributed by atoms with Gasteiger partial charge in [0.15, 0.2) is 0 Å². The maximum Gasteiger partial charge on any atom is 0.346 e. The highest BCUT2D eigenvalue weighted by Gasteiger charge is 2.19.